The van der Waals surface area contributed by atoms with Crippen molar-refractivity contribution in [2.45, 2.75) is 6.92 Å². The standard InChI is InChI=1S/C17H11ClFN5O/c1-9-7-24-8-10(6-14(19)16(24)21-9)22-17(25)12-2-3-13(18)11-4-5-20-23-15(11)12/h2-8H,1H3,(H,22,25). The van der Waals surface area contributed by atoms with Crippen LogP contribution >= 0.6 is 11.6 Å². The van der Waals surface area contributed by atoms with Crippen LogP contribution in [0, 0.1) is 12.7 Å². The molecule has 0 unspecified atom stereocenters. The Morgan fingerprint density at radius 1 is 1.28 bits per heavy atom. The van der Waals surface area contributed by atoms with E-state index in [1.54, 1.807) is 37.5 Å². The highest BCUT2D eigenvalue weighted by Gasteiger charge is 2.15. The molecule has 0 fully saturated rings. The number of hydrogen-bond donors (Lipinski definition) is 1. The zero-order valence-corrected chi connectivity index (χ0v) is 13.8. The van der Waals surface area contributed by atoms with Gasteiger partial charge in [0.05, 0.1) is 28.2 Å². The van der Waals surface area contributed by atoms with Gasteiger partial charge in [0.2, 0.25) is 0 Å². The van der Waals surface area contributed by atoms with Gasteiger partial charge in [0, 0.05) is 23.8 Å². The van der Waals surface area contributed by atoms with Crippen molar-refractivity contribution in [3.63, 3.8) is 0 Å². The number of pyridine rings is 1. The minimum atomic E-state index is -0.522. The highest BCUT2D eigenvalue weighted by atomic mass is 35.5. The van der Waals surface area contributed by atoms with Gasteiger partial charge in [0.15, 0.2) is 11.5 Å². The summed E-state index contributed by atoms with van der Waals surface area (Å²) in [5.41, 5.74) is 1.88. The number of benzene rings is 1. The third-order valence-corrected chi connectivity index (χ3v) is 4.09. The number of nitrogens with one attached hydrogen (secondary N) is 1. The van der Waals surface area contributed by atoms with Gasteiger partial charge in [-0.05, 0) is 25.1 Å². The molecule has 124 valence electrons. The first-order chi connectivity index (χ1) is 12.0. The second-order valence-electron chi connectivity index (χ2n) is 5.53. The van der Waals surface area contributed by atoms with Crippen molar-refractivity contribution in [1.29, 1.82) is 0 Å². The topological polar surface area (TPSA) is 72.2 Å². The molecule has 3 aromatic heterocycles. The second kappa shape index (κ2) is 5.78. The molecule has 1 aromatic carbocycles. The van der Waals surface area contributed by atoms with Gasteiger partial charge in [-0.1, -0.05) is 11.6 Å². The third-order valence-electron chi connectivity index (χ3n) is 3.76. The lowest BCUT2D eigenvalue weighted by molar-refractivity contribution is 0.102. The number of imidazole rings is 1. The summed E-state index contributed by atoms with van der Waals surface area (Å²) in [4.78, 5) is 16.7. The van der Waals surface area contributed by atoms with Crippen LogP contribution in [0.3, 0.4) is 0 Å². The van der Waals surface area contributed by atoms with E-state index >= 15 is 0 Å². The monoisotopic (exact) mass is 355 g/mol. The summed E-state index contributed by atoms with van der Waals surface area (Å²) in [6.45, 7) is 1.77. The highest BCUT2D eigenvalue weighted by molar-refractivity contribution is 6.36. The van der Waals surface area contributed by atoms with Crippen molar-refractivity contribution in [2.75, 3.05) is 5.32 Å². The Labute approximate surface area is 146 Å². The summed E-state index contributed by atoms with van der Waals surface area (Å²) >= 11 is 6.12. The van der Waals surface area contributed by atoms with Gasteiger partial charge in [-0.2, -0.15) is 5.10 Å². The van der Waals surface area contributed by atoms with Gasteiger partial charge in [0.1, 0.15) is 5.52 Å². The molecular formula is C17H11ClFN5O. The summed E-state index contributed by atoms with van der Waals surface area (Å²) in [5, 5.41) is 11.6. The molecule has 0 aliphatic rings. The van der Waals surface area contributed by atoms with E-state index in [-0.39, 0.29) is 5.65 Å². The van der Waals surface area contributed by atoms with Gasteiger partial charge in [-0.15, -0.1) is 5.10 Å². The van der Waals surface area contributed by atoms with Crippen LogP contribution in [0.5, 0.6) is 0 Å². The van der Waals surface area contributed by atoms with Crippen LogP contribution in [0.25, 0.3) is 16.6 Å². The zero-order valence-electron chi connectivity index (χ0n) is 13.0. The summed E-state index contributed by atoms with van der Waals surface area (Å²) in [6, 6.07) is 6.08. The minimum absolute atomic E-state index is 0.207. The Hall–Kier alpha value is -3.06. The molecular weight excluding hydrogens is 345 g/mol. The molecule has 3 heterocycles. The third kappa shape index (κ3) is 2.68. The van der Waals surface area contributed by atoms with E-state index in [1.807, 2.05) is 0 Å². The number of aromatic nitrogens is 4. The van der Waals surface area contributed by atoms with Gasteiger partial charge in [0.25, 0.3) is 5.91 Å². The molecule has 25 heavy (non-hydrogen) atoms. The fourth-order valence-electron chi connectivity index (χ4n) is 2.68. The Morgan fingerprint density at radius 2 is 2.12 bits per heavy atom. The summed E-state index contributed by atoms with van der Waals surface area (Å²) in [7, 11) is 0. The fourth-order valence-corrected chi connectivity index (χ4v) is 2.89. The molecule has 4 rings (SSSR count). The van der Waals surface area contributed by atoms with Gasteiger partial charge in [-0.25, -0.2) is 9.37 Å². The van der Waals surface area contributed by atoms with Crippen LogP contribution in [-0.2, 0) is 0 Å². The first-order valence-corrected chi connectivity index (χ1v) is 7.77. The second-order valence-corrected chi connectivity index (χ2v) is 5.94. The van der Waals surface area contributed by atoms with Crippen molar-refractivity contribution in [1.82, 2.24) is 19.6 Å². The number of fused-ring (bicyclic) bond motifs is 2. The van der Waals surface area contributed by atoms with Crippen LogP contribution in [-0.4, -0.2) is 25.5 Å². The minimum Gasteiger partial charge on any atom is -0.320 e. The molecule has 6 nitrogen and oxygen atoms in total. The normalized spacial score (nSPS) is 11.2. The van der Waals surface area contributed by atoms with Crippen LogP contribution in [0.4, 0.5) is 10.1 Å². The molecule has 0 bridgehead atoms. The largest absolute Gasteiger partial charge is 0.320 e. The van der Waals surface area contributed by atoms with E-state index in [0.29, 0.717) is 32.9 Å². The summed E-state index contributed by atoms with van der Waals surface area (Å²) in [6.07, 6.45) is 4.78. The highest BCUT2D eigenvalue weighted by Crippen LogP contribution is 2.25. The van der Waals surface area contributed by atoms with Crippen molar-refractivity contribution in [3.8, 4) is 0 Å². The van der Waals surface area contributed by atoms with Gasteiger partial charge < -0.3 is 9.72 Å². The molecule has 0 atom stereocenters. The van der Waals surface area contributed by atoms with E-state index in [1.165, 1.54) is 16.7 Å². The maximum Gasteiger partial charge on any atom is 0.257 e. The number of anilines is 1. The van der Waals surface area contributed by atoms with E-state index < -0.39 is 11.7 Å². The van der Waals surface area contributed by atoms with Gasteiger partial charge >= 0.3 is 0 Å². The van der Waals surface area contributed by atoms with Crippen LogP contribution < -0.4 is 5.32 Å². The maximum atomic E-state index is 14.1. The molecule has 0 aliphatic carbocycles. The van der Waals surface area contributed by atoms with Crippen LogP contribution in [0.15, 0.2) is 42.9 Å². The Balaban J connectivity index is 1.75. The lowest BCUT2D eigenvalue weighted by Gasteiger charge is -2.09. The molecule has 1 N–H and O–H groups in total. The first kappa shape index (κ1) is 15.5. The predicted molar refractivity (Wildman–Crippen MR) is 92.4 cm³/mol. The number of carbonyl (C=O) groups excluding carboxylic acids is 1. The molecule has 0 saturated carbocycles. The average Bonchev–Trinajstić information content (AvgIpc) is 2.96. The molecule has 0 saturated heterocycles. The number of hydrogen-bond acceptors (Lipinski definition) is 4. The van der Waals surface area contributed by atoms with Gasteiger partial charge in [-0.3, -0.25) is 4.79 Å². The lowest BCUT2D eigenvalue weighted by Crippen LogP contribution is -2.14. The SMILES string of the molecule is Cc1cn2cc(NC(=O)c3ccc(Cl)c4ccnnc34)cc(F)c2n1. The molecule has 8 heteroatoms. The quantitative estimate of drug-likeness (QED) is 0.596. The fraction of sp³-hybridized carbons (Fsp3) is 0.0588. The number of nitrogens with zero attached hydrogens (tertiary/aromatic N) is 4. The molecule has 0 radical (unpaired) electrons. The summed E-state index contributed by atoms with van der Waals surface area (Å²) in [5.74, 6) is -0.954. The lowest BCUT2D eigenvalue weighted by atomic mass is 10.1. The number of aryl methyl sites for hydroxylation is 1. The zero-order chi connectivity index (χ0) is 17.6. The van der Waals surface area contributed by atoms with E-state index in [0.717, 1.165) is 0 Å². The smallest absolute Gasteiger partial charge is 0.257 e. The molecule has 4 aromatic rings. The number of carbonyl (C=O) groups is 1. The van der Waals surface area contributed by atoms with Crippen LogP contribution in [0.2, 0.25) is 5.02 Å². The van der Waals surface area contributed by atoms with E-state index in [9.17, 15) is 9.18 Å². The number of halogens is 2. The van der Waals surface area contributed by atoms with Crippen LogP contribution in [0.1, 0.15) is 16.1 Å². The van der Waals surface area contributed by atoms with Crippen molar-refractivity contribution in [2.24, 2.45) is 0 Å². The Kier molecular flexibility index (Phi) is 3.58. The molecule has 1 amide bonds. The first-order valence-electron chi connectivity index (χ1n) is 7.39. The van der Waals surface area contributed by atoms with Crippen molar-refractivity contribution >= 4 is 39.7 Å². The van der Waals surface area contributed by atoms with E-state index in [4.69, 9.17) is 11.6 Å². The van der Waals surface area contributed by atoms with Crippen molar-refractivity contribution < 1.29 is 9.18 Å². The van der Waals surface area contributed by atoms with Crippen molar-refractivity contribution in [3.05, 3.63) is 65.0 Å². The number of amides is 1. The Morgan fingerprint density at radius 3 is 2.96 bits per heavy atom. The van der Waals surface area contributed by atoms with E-state index in [2.05, 4.69) is 20.5 Å². The maximum absolute atomic E-state index is 14.1. The summed E-state index contributed by atoms with van der Waals surface area (Å²) < 4.78 is 15.7. The molecule has 0 aliphatic heterocycles. The molecule has 0 spiro atoms. The Bertz CT molecular complexity index is 1140. The number of rotatable bonds is 2. The predicted octanol–water partition coefficient (Wildman–Crippen LogP) is 3.63. The average molecular weight is 356 g/mol.